The highest BCUT2D eigenvalue weighted by molar-refractivity contribution is 6.15. The summed E-state index contributed by atoms with van der Waals surface area (Å²) in [6.45, 7) is 2.27. The Labute approximate surface area is 210 Å². The molecule has 0 unspecified atom stereocenters. The Morgan fingerprint density at radius 2 is 1.92 bits per heavy atom. The van der Waals surface area contributed by atoms with E-state index in [1.54, 1.807) is 42.2 Å². The first-order chi connectivity index (χ1) is 18.0. The van der Waals surface area contributed by atoms with Crippen molar-refractivity contribution in [2.24, 2.45) is 0 Å². The zero-order valence-electron chi connectivity index (χ0n) is 19.8. The minimum atomic E-state index is -0.411. The third kappa shape index (κ3) is 4.04. The van der Waals surface area contributed by atoms with Gasteiger partial charge in [0, 0.05) is 23.5 Å². The fourth-order valence-corrected chi connectivity index (χ4v) is 4.71. The molecule has 0 fully saturated rings. The van der Waals surface area contributed by atoms with Crippen LogP contribution in [0.3, 0.4) is 0 Å². The predicted octanol–water partition coefficient (Wildman–Crippen LogP) is 5.78. The van der Waals surface area contributed by atoms with Crippen molar-refractivity contribution in [1.29, 1.82) is 0 Å². The Hall–Kier alpha value is -4.79. The zero-order valence-corrected chi connectivity index (χ0v) is 19.8. The van der Waals surface area contributed by atoms with E-state index in [4.69, 9.17) is 8.94 Å². The molecule has 0 aliphatic carbocycles. The van der Waals surface area contributed by atoms with E-state index in [1.807, 2.05) is 6.07 Å². The fourth-order valence-electron chi connectivity index (χ4n) is 4.71. The van der Waals surface area contributed by atoms with Crippen molar-refractivity contribution in [3.63, 3.8) is 0 Å². The number of rotatable bonds is 4. The van der Waals surface area contributed by atoms with E-state index in [1.165, 1.54) is 30.5 Å². The standard InChI is InChI=1S/C28H21FN4O4/c1-16-25-20(15-22(24-8-4-14-36-24)31-27(25)37-32-16)28(35)33-13-3-5-19-21(6-2-7-23(19)33)30-26(34)17-9-11-18(29)12-10-17/h2,4,6-12,14-15H,3,5,13H2,1H3,(H,30,34). The van der Waals surface area contributed by atoms with Crippen LogP contribution in [0.15, 0.2) is 75.9 Å². The first kappa shape index (κ1) is 22.7. The molecule has 0 saturated carbocycles. The molecule has 0 radical (unpaired) electrons. The average Bonchev–Trinajstić information content (AvgIpc) is 3.58. The smallest absolute Gasteiger partial charge is 0.259 e. The van der Waals surface area contributed by atoms with Crippen LogP contribution in [-0.2, 0) is 6.42 Å². The number of nitrogens with one attached hydrogen (secondary N) is 1. The number of halogens is 1. The van der Waals surface area contributed by atoms with Crippen molar-refractivity contribution in [3.8, 4) is 11.5 Å². The summed E-state index contributed by atoms with van der Waals surface area (Å²) < 4.78 is 24.2. The number of anilines is 2. The van der Waals surface area contributed by atoms with Crippen molar-refractivity contribution in [2.45, 2.75) is 19.8 Å². The van der Waals surface area contributed by atoms with Gasteiger partial charge in [0.25, 0.3) is 17.5 Å². The molecule has 37 heavy (non-hydrogen) atoms. The lowest BCUT2D eigenvalue weighted by molar-refractivity contribution is 0.0985. The van der Waals surface area contributed by atoms with Gasteiger partial charge in [0.2, 0.25) is 0 Å². The van der Waals surface area contributed by atoms with Gasteiger partial charge in [-0.1, -0.05) is 11.2 Å². The Morgan fingerprint density at radius 1 is 1.08 bits per heavy atom. The molecule has 1 aliphatic rings. The van der Waals surface area contributed by atoms with Crippen molar-refractivity contribution in [3.05, 3.63) is 95.1 Å². The maximum atomic E-state index is 14.0. The van der Waals surface area contributed by atoms with Crippen LogP contribution >= 0.6 is 0 Å². The molecule has 4 heterocycles. The van der Waals surface area contributed by atoms with Crippen LogP contribution < -0.4 is 10.2 Å². The summed E-state index contributed by atoms with van der Waals surface area (Å²) in [5.74, 6) is -0.480. The van der Waals surface area contributed by atoms with E-state index >= 15 is 0 Å². The number of hydrogen-bond acceptors (Lipinski definition) is 6. The molecule has 1 N–H and O–H groups in total. The van der Waals surface area contributed by atoms with Crippen LogP contribution in [-0.4, -0.2) is 28.5 Å². The van der Waals surface area contributed by atoms with Gasteiger partial charge >= 0.3 is 0 Å². The minimum absolute atomic E-state index is 0.227. The summed E-state index contributed by atoms with van der Waals surface area (Å²) in [7, 11) is 0. The molecular formula is C28H21FN4O4. The Bertz CT molecular complexity index is 1640. The summed E-state index contributed by atoms with van der Waals surface area (Å²) >= 11 is 0. The molecule has 2 amide bonds. The fraction of sp³-hybridized carbons (Fsp3) is 0.143. The summed E-state index contributed by atoms with van der Waals surface area (Å²) in [4.78, 5) is 33.0. The molecule has 0 bridgehead atoms. The quantitative estimate of drug-likeness (QED) is 0.339. The normalized spacial score (nSPS) is 13.0. The molecule has 0 saturated heterocycles. The van der Waals surface area contributed by atoms with E-state index in [-0.39, 0.29) is 17.5 Å². The third-order valence-corrected chi connectivity index (χ3v) is 6.47. The molecule has 6 rings (SSSR count). The number of aromatic nitrogens is 2. The Morgan fingerprint density at radius 3 is 2.70 bits per heavy atom. The van der Waals surface area contributed by atoms with Crippen LogP contribution in [0.2, 0.25) is 0 Å². The highest BCUT2D eigenvalue weighted by Crippen LogP contribution is 2.36. The van der Waals surface area contributed by atoms with Crippen molar-refractivity contribution >= 4 is 34.3 Å². The van der Waals surface area contributed by atoms with E-state index in [2.05, 4.69) is 15.5 Å². The molecule has 184 valence electrons. The van der Waals surface area contributed by atoms with Crippen molar-refractivity contribution in [2.75, 3.05) is 16.8 Å². The van der Waals surface area contributed by atoms with Crippen LogP contribution in [0.5, 0.6) is 0 Å². The molecule has 1 aliphatic heterocycles. The van der Waals surface area contributed by atoms with Gasteiger partial charge in [-0.3, -0.25) is 9.59 Å². The predicted molar refractivity (Wildman–Crippen MR) is 135 cm³/mol. The summed E-state index contributed by atoms with van der Waals surface area (Å²) in [6.07, 6.45) is 2.94. The number of carbonyl (C=O) groups is 2. The maximum Gasteiger partial charge on any atom is 0.259 e. The number of nitrogens with zero attached hydrogens (tertiary/aromatic N) is 3. The van der Waals surface area contributed by atoms with E-state index < -0.39 is 5.82 Å². The van der Waals surface area contributed by atoms with Crippen molar-refractivity contribution in [1.82, 2.24) is 10.1 Å². The number of carbonyl (C=O) groups excluding carboxylic acids is 2. The monoisotopic (exact) mass is 496 g/mol. The van der Waals surface area contributed by atoms with Crippen LogP contribution in [0.25, 0.3) is 22.6 Å². The second kappa shape index (κ2) is 9.02. The third-order valence-electron chi connectivity index (χ3n) is 6.47. The van der Waals surface area contributed by atoms with E-state index in [0.29, 0.717) is 64.4 Å². The van der Waals surface area contributed by atoms with Gasteiger partial charge in [-0.2, -0.15) is 0 Å². The lowest BCUT2D eigenvalue weighted by atomic mass is 9.97. The second-order valence-corrected chi connectivity index (χ2v) is 8.81. The SMILES string of the molecule is Cc1noc2nc(-c3ccco3)cc(C(=O)N3CCCc4c(NC(=O)c5ccc(F)cc5)cccc43)c12. The molecule has 3 aromatic heterocycles. The molecule has 8 nitrogen and oxygen atoms in total. The Balaban J connectivity index is 1.38. The van der Waals surface area contributed by atoms with Gasteiger partial charge in [-0.15, -0.1) is 0 Å². The second-order valence-electron chi connectivity index (χ2n) is 8.81. The van der Waals surface area contributed by atoms with Crippen molar-refractivity contribution < 1.29 is 22.9 Å². The number of hydrogen-bond donors (Lipinski definition) is 1. The first-order valence-corrected chi connectivity index (χ1v) is 11.8. The van der Waals surface area contributed by atoms with Gasteiger partial charge in [-0.05, 0) is 79.9 Å². The van der Waals surface area contributed by atoms with E-state index in [9.17, 15) is 14.0 Å². The lowest BCUT2D eigenvalue weighted by Crippen LogP contribution is -2.36. The molecular weight excluding hydrogens is 475 g/mol. The highest BCUT2D eigenvalue weighted by atomic mass is 19.1. The largest absolute Gasteiger partial charge is 0.463 e. The van der Waals surface area contributed by atoms with Gasteiger partial charge in [0.15, 0.2) is 5.76 Å². The van der Waals surface area contributed by atoms with Crippen LogP contribution in [0, 0.1) is 12.7 Å². The summed E-state index contributed by atoms with van der Waals surface area (Å²) in [5, 5.41) is 7.49. The minimum Gasteiger partial charge on any atom is -0.463 e. The number of fused-ring (bicyclic) bond motifs is 2. The molecule has 9 heteroatoms. The zero-order chi connectivity index (χ0) is 25.5. The Kier molecular flexibility index (Phi) is 5.52. The molecule has 0 spiro atoms. The van der Waals surface area contributed by atoms with Gasteiger partial charge in [0.1, 0.15) is 11.5 Å². The molecule has 0 atom stereocenters. The van der Waals surface area contributed by atoms with E-state index in [0.717, 1.165) is 5.56 Å². The number of pyridine rings is 1. The maximum absolute atomic E-state index is 14.0. The number of aryl methyl sites for hydroxylation is 1. The molecule has 5 aromatic rings. The first-order valence-electron chi connectivity index (χ1n) is 11.8. The number of amides is 2. The van der Waals surface area contributed by atoms with Crippen LogP contribution in [0.1, 0.15) is 38.4 Å². The van der Waals surface area contributed by atoms with Gasteiger partial charge in [-0.25, -0.2) is 9.37 Å². The highest BCUT2D eigenvalue weighted by Gasteiger charge is 2.29. The average molecular weight is 496 g/mol. The topological polar surface area (TPSA) is 101 Å². The van der Waals surface area contributed by atoms with Crippen LogP contribution in [0.4, 0.5) is 15.8 Å². The van der Waals surface area contributed by atoms with Gasteiger partial charge in [0.05, 0.1) is 22.9 Å². The number of benzene rings is 2. The summed E-state index contributed by atoms with van der Waals surface area (Å²) in [6, 6.07) is 16.0. The summed E-state index contributed by atoms with van der Waals surface area (Å²) in [5.41, 5.74) is 4.22. The lowest BCUT2D eigenvalue weighted by Gasteiger charge is -2.31. The molecule has 2 aromatic carbocycles. The van der Waals surface area contributed by atoms with Gasteiger partial charge < -0.3 is 19.2 Å². The number of furan rings is 1.